The van der Waals surface area contributed by atoms with E-state index in [1.165, 1.54) is 12.1 Å². The summed E-state index contributed by atoms with van der Waals surface area (Å²) in [5, 5.41) is 18.3. The maximum Gasteiger partial charge on any atom is 0.323 e. The van der Waals surface area contributed by atoms with Gasteiger partial charge in [0.25, 0.3) is 5.91 Å². The van der Waals surface area contributed by atoms with Gasteiger partial charge in [0.05, 0.1) is 5.56 Å². The summed E-state index contributed by atoms with van der Waals surface area (Å²) in [6.45, 7) is 1.59. The number of carbonyl (C=O) groups excluding carboxylic acids is 1. The molecule has 92 valence electrons. The molecule has 0 aliphatic rings. The van der Waals surface area contributed by atoms with Crippen molar-refractivity contribution in [3.8, 4) is 5.75 Å². The van der Waals surface area contributed by atoms with Crippen molar-refractivity contribution in [2.75, 3.05) is 13.1 Å². The number of nitrogens with zero attached hydrogens (tertiary/aromatic N) is 1. The zero-order chi connectivity index (χ0) is 13.0. The molecule has 1 aromatic carbocycles. The Labute approximate surface area is 112 Å². The maximum atomic E-state index is 12.0. The number of hydrogen-bond donors (Lipinski definition) is 2. The number of aromatic hydroxyl groups is 1. The molecule has 0 heterocycles. The molecular formula is C11H12INO4. The molecule has 0 atom stereocenters. The molecule has 17 heavy (non-hydrogen) atoms. The number of hydrogen-bond acceptors (Lipinski definition) is 3. The predicted molar refractivity (Wildman–Crippen MR) is 70.0 cm³/mol. The Kier molecular flexibility index (Phi) is 4.73. The Morgan fingerprint density at radius 3 is 2.59 bits per heavy atom. The molecule has 1 amide bonds. The Balaban J connectivity index is 3.01. The smallest absolute Gasteiger partial charge is 0.323 e. The zero-order valence-corrected chi connectivity index (χ0v) is 11.3. The number of phenols is 1. The first kappa shape index (κ1) is 13.8. The van der Waals surface area contributed by atoms with Crippen LogP contribution in [0.4, 0.5) is 0 Å². The summed E-state index contributed by atoms with van der Waals surface area (Å²) in [6.07, 6.45) is 0. The van der Waals surface area contributed by atoms with Crippen molar-refractivity contribution < 1.29 is 19.8 Å². The lowest BCUT2D eigenvalue weighted by Gasteiger charge is -2.19. The van der Waals surface area contributed by atoms with Crippen LogP contribution in [0.15, 0.2) is 18.2 Å². The third-order valence-electron chi connectivity index (χ3n) is 2.18. The Morgan fingerprint density at radius 1 is 1.41 bits per heavy atom. The average molecular weight is 349 g/mol. The number of carboxylic acid groups (broad SMARTS) is 1. The Bertz CT molecular complexity index is 447. The van der Waals surface area contributed by atoms with E-state index in [-0.39, 0.29) is 24.4 Å². The van der Waals surface area contributed by atoms with E-state index in [1.54, 1.807) is 13.0 Å². The van der Waals surface area contributed by atoms with Gasteiger partial charge in [0.1, 0.15) is 12.3 Å². The maximum absolute atomic E-state index is 12.0. The highest BCUT2D eigenvalue weighted by atomic mass is 127. The molecule has 2 N–H and O–H groups in total. The van der Waals surface area contributed by atoms with E-state index in [4.69, 9.17) is 5.11 Å². The van der Waals surface area contributed by atoms with Crippen LogP contribution in [0.5, 0.6) is 5.75 Å². The molecule has 0 aromatic heterocycles. The fourth-order valence-electron chi connectivity index (χ4n) is 1.34. The van der Waals surface area contributed by atoms with Crippen LogP contribution in [-0.2, 0) is 4.79 Å². The number of rotatable bonds is 4. The summed E-state index contributed by atoms with van der Waals surface area (Å²) in [5.41, 5.74) is 0.125. The van der Waals surface area contributed by atoms with Gasteiger partial charge >= 0.3 is 5.97 Å². The van der Waals surface area contributed by atoms with Gasteiger partial charge in [-0.05, 0) is 47.7 Å². The highest BCUT2D eigenvalue weighted by Gasteiger charge is 2.19. The number of aliphatic carboxylic acids is 1. The number of carbonyl (C=O) groups is 2. The molecule has 0 saturated carbocycles. The Morgan fingerprint density at radius 2 is 2.06 bits per heavy atom. The lowest BCUT2D eigenvalue weighted by Crippen LogP contribution is -2.35. The summed E-state index contributed by atoms with van der Waals surface area (Å²) in [7, 11) is 0. The van der Waals surface area contributed by atoms with Gasteiger partial charge in [-0.15, -0.1) is 0 Å². The van der Waals surface area contributed by atoms with Gasteiger partial charge in [-0.2, -0.15) is 0 Å². The lowest BCUT2D eigenvalue weighted by atomic mass is 10.1. The minimum Gasteiger partial charge on any atom is -0.507 e. The SMILES string of the molecule is CCN(CC(=O)O)C(=O)c1cc(I)ccc1O. The second-order valence-electron chi connectivity index (χ2n) is 3.37. The second-order valence-corrected chi connectivity index (χ2v) is 4.62. The molecule has 0 aliphatic carbocycles. The quantitative estimate of drug-likeness (QED) is 0.809. The van der Waals surface area contributed by atoms with Crippen molar-refractivity contribution >= 4 is 34.5 Å². The van der Waals surface area contributed by atoms with Gasteiger partial charge in [0.2, 0.25) is 0 Å². The van der Waals surface area contributed by atoms with Gasteiger partial charge in [0.15, 0.2) is 0 Å². The first-order valence-electron chi connectivity index (χ1n) is 4.95. The summed E-state index contributed by atoms with van der Waals surface area (Å²) in [6, 6.07) is 4.62. The number of amides is 1. The van der Waals surface area contributed by atoms with Gasteiger partial charge in [-0.3, -0.25) is 9.59 Å². The highest BCUT2D eigenvalue weighted by Crippen LogP contribution is 2.21. The van der Waals surface area contributed by atoms with Gasteiger partial charge in [-0.1, -0.05) is 0 Å². The number of benzene rings is 1. The predicted octanol–water partition coefficient (Wildman–Crippen LogP) is 1.54. The van der Waals surface area contributed by atoms with Crippen LogP contribution in [0.1, 0.15) is 17.3 Å². The third kappa shape index (κ3) is 3.58. The molecule has 0 unspecified atom stereocenters. The fourth-order valence-corrected chi connectivity index (χ4v) is 1.83. The second kappa shape index (κ2) is 5.85. The van der Waals surface area contributed by atoms with Crippen LogP contribution >= 0.6 is 22.6 Å². The molecule has 6 heteroatoms. The zero-order valence-electron chi connectivity index (χ0n) is 9.18. The standard InChI is InChI=1S/C11H12INO4/c1-2-13(6-10(15)16)11(17)8-5-7(12)3-4-9(8)14/h3-5,14H,2,6H2,1H3,(H,15,16). The highest BCUT2D eigenvalue weighted by molar-refractivity contribution is 14.1. The van der Waals surface area contributed by atoms with E-state index in [9.17, 15) is 14.7 Å². The topological polar surface area (TPSA) is 77.8 Å². The monoisotopic (exact) mass is 349 g/mol. The summed E-state index contributed by atoms with van der Waals surface area (Å²) in [5.74, 6) is -1.70. The fraction of sp³-hybridized carbons (Fsp3) is 0.273. The average Bonchev–Trinajstić information content (AvgIpc) is 2.28. The van der Waals surface area contributed by atoms with Crippen molar-refractivity contribution in [2.24, 2.45) is 0 Å². The molecule has 0 aliphatic heterocycles. The number of halogens is 1. The van der Waals surface area contributed by atoms with E-state index >= 15 is 0 Å². The van der Waals surface area contributed by atoms with Gasteiger partial charge in [-0.25, -0.2) is 0 Å². The van der Waals surface area contributed by atoms with Crippen molar-refractivity contribution in [1.29, 1.82) is 0 Å². The summed E-state index contributed by atoms with van der Waals surface area (Å²) < 4.78 is 0.801. The number of carboxylic acids is 1. The van der Waals surface area contributed by atoms with Gasteiger partial charge in [0, 0.05) is 10.1 Å². The Hall–Kier alpha value is -1.31. The molecular weight excluding hydrogens is 337 g/mol. The molecule has 0 spiro atoms. The molecule has 0 radical (unpaired) electrons. The minimum atomic E-state index is -1.08. The van der Waals surface area contributed by atoms with Crippen LogP contribution in [0.3, 0.4) is 0 Å². The number of likely N-dealkylation sites (N-methyl/N-ethyl adjacent to an activating group) is 1. The van der Waals surface area contributed by atoms with Gasteiger partial charge < -0.3 is 15.1 Å². The van der Waals surface area contributed by atoms with Crippen LogP contribution in [0.2, 0.25) is 0 Å². The van der Waals surface area contributed by atoms with Crippen molar-refractivity contribution in [2.45, 2.75) is 6.92 Å². The van der Waals surface area contributed by atoms with Crippen molar-refractivity contribution in [1.82, 2.24) is 4.90 Å². The van der Waals surface area contributed by atoms with E-state index in [1.807, 2.05) is 22.6 Å². The number of phenolic OH excluding ortho intramolecular Hbond substituents is 1. The summed E-state index contributed by atoms with van der Waals surface area (Å²) >= 11 is 2.02. The summed E-state index contributed by atoms with van der Waals surface area (Å²) in [4.78, 5) is 23.7. The molecule has 0 fully saturated rings. The van der Waals surface area contributed by atoms with Crippen molar-refractivity contribution in [3.05, 3.63) is 27.3 Å². The van der Waals surface area contributed by atoms with E-state index in [2.05, 4.69) is 0 Å². The normalized spacial score (nSPS) is 10.0. The third-order valence-corrected chi connectivity index (χ3v) is 2.86. The molecule has 0 bridgehead atoms. The van der Waals surface area contributed by atoms with Crippen LogP contribution in [-0.4, -0.2) is 40.1 Å². The van der Waals surface area contributed by atoms with E-state index in [0.717, 1.165) is 8.47 Å². The van der Waals surface area contributed by atoms with Crippen LogP contribution in [0.25, 0.3) is 0 Å². The van der Waals surface area contributed by atoms with Crippen molar-refractivity contribution in [3.63, 3.8) is 0 Å². The lowest BCUT2D eigenvalue weighted by molar-refractivity contribution is -0.137. The first-order valence-corrected chi connectivity index (χ1v) is 6.03. The largest absolute Gasteiger partial charge is 0.507 e. The molecule has 1 aromatic rings. The van der Waals surface area contributed by atoms with E-state index < -0.39 is 11.9 Å². The molecule has 1 rings (SSSR count). The van der Waals surface area contributed by atoms with E-state index in [0.29, 0.717) is 0 Å². The first-order chi connectivity index (χ1) is 7.95. The van der Waals surface area contributed by atoms with Crippen LogP contribution < -0.4 is 0 Å². The van der Waals surface area contributed by atoms with Crippen LogP contribution in [0, 0.1) is 3.57 Å². The molecule has 0 saturated heterocycles. The minimum absolute atomic E-state index is 0.125. The molecule has 5 nitrogen and oxygen atoms in total.